The normalized spacial score (nSPS) is 14.3. The quantitative estimate of drug-likeness (QED) is 0.594. The maximum absolute atomic E-state index is 6.10. The summed E-state index contributed by atoms with van der Waals surface area (Å²) in [7, 11) is 1.82. The first-order valence-corrected chi connectivity index (χ1v) is 9.61. The van der Waals surface area contributed by atoms with Crippen LogP contribution >= 0.6 is 0 Å². The first-order chi connectivity index (χ1) is 13.3. The molecular formula is C21H28N4O2. The van der Waals surface area contributed by atoms with Crippen LogP contribution < -0.4 is 14.8 Å². The van der Waals surface area contributed by atoms with Crippen LogP contribution in [0.1, 0.15) is 31.7 Å². The van der Waals surface area contributed by atoms with Crippen LogP contribution in [-0.4, -0.2) is 42.6 Å². The van der Waals surface area contributed by atoms with E-state index in [-0.39, 0.29) is 0 Å². The van der Waals surface area contributed by atoms with Crippen LogP contribution in [0.25, 0.3) is 0 Å². The number of para-hydroxylation sites is 2. The van der Waals surface area contributed by atoms with Gasteiger partial charge in [-0.3, -0.25) is 4.99 Å². The zero-order chi connectivity index (χ0) is 18.9. The molecule has 1 fully saturated rings. The summed E-state index contributed by atoms with van der Waals surface area (Å²) in [6.45, 7) is 5.45. The van der Waals surface area contributed by atoms with Gasteiger partial charge in [-0.2, -0.15) is 0 Å². The van der Waals surface area contributed by atoms with Crippen LogP contribution in [0.5, 0.6) is 17.4 Å². The van der Waals surface area contributed by atoms with Gasteiger partial charge in [-0.05, 0) is 37.5 Å². The molecule has 1 aromatic carbocycles. The maximum atomic E-state index is 6.10. The van der Waals surface area contributed by atoms with Gasteiger partial charge in [0.2, 0.25) is 5.88 Å². The lowest BCUT2D eigenvalue weighted by atomic mass is 10.2. The third-order valence-corrected chi connectivity index (χ3v) is 4.42. The highest BCUT2D eigenvalue weighted by atomic mass is 16.5. The predicted molar refractivity (Wildman–Crippen MR) is 108 cm³/mol. The summed E-state index contributed by atoms with van der Waals surface area (Å²) in [5.41, 5.74) is 0.975. The number of aliphatic imine (C=N–C) groups is 1. The number of benzene rings is 1. The molecule has 2 aromatic rings. The first kappa shape index (κ1) is 19.0. The zero-order valence-corrected chi connectivity index (χ0v) is 16.1. The fourth-order valence-corrected chi connectivity index (χ4v) is 3.06. The van der Waals surface area contributed by atoms with E-state index in [1.165, 1.54) is 12.8 Å². The van der Waals surface area contributed by atoms with Crippen LogP contribution in [0, 0.1) is 0 Å². The number of hydrogen-bond acceptors (Lipinski definition) is 4. The molecule has 2 heterocycles. The lowest BCUT2D eigenvalue weighted by Crippen LogP contribution is -2.39. The van der Waals surface area contributed by atoms with Crippen LogP contribution in [0.15, 0.2) is 47.6 Å². The molecule has 0 unspecified atom stereocenters. The third-order valence-electron chi connectivity index (χ3n) is 4.42. The summed E-state index contributed by atoms with van der Waals surface area (Å²) in [6.07, 6.45) is 5.12. The molecule has 1 saturated heterocycles. The fourth-order valence-electron chi connectivity index (χ4n) is 3.06. The van der Waals surface area contributed by atoms with E-state index in [9.17, 15) is 0 Å². The van der Waals surface area contributed by atoms with Crippen molar-refractivity contribution in [2.24, 2.45) is 4.99 Å². The van der Waals surface area contributed by atoms with E-state index in [2.05, 4.69) is 27.1 Å². The van der Waals surface area contributed by atoms with Gasteiger partial charge in [0.05, 0.1) is 6.61 Å². The molecule has 1 N–H and O–H groups in total. The van der Waals surface area contributed by atoms with Crippen LogP contribution in [0.2, 0.25) is 0 Å². The van der Waals surface area contributed by atoms with E-state index in [0.717, 1.165) is 36.8 Å². The summed E-state index contributed by atoms with van der Waals surface area (Å²) in [5.74, 6) is 2.91. The van der Waals surface area contributed by atoms with E-state index in [1.807, 2.05) is 43.4 Å². The molecule has 1 aliphatic rings. The van der Waals surface area contributed by atoms with Crippen molar-refractivity contribution in [3.63, 3.8) is 0 Å². The number of ether oxygens (including phenoxy) is 2. The minimum Gasteiger partial charge on any atom is -0.490 e. The molecule has 6 heteroatoms. The number of nitrogens with one attached hydrogen (secondary N) is 1. The summed E-state index contributed by atoms with van der Waals surface area (Å²) in [4.78, 5) is 11.1. The number of hydrogen-bond donors (Lipinski definition) is 1. The van der Waals surface area contributed by atoms with Gasteiger partial charge in [-0.15, -0.1) is 0 Å². The molecule has 6 nitrogen and oxygen atoms in total. The van der Waals surface area contributed by atoms with Crippen molar-refractivity contribution in [1.29, 1.82) is 0 Å². The lowest BCUT2D eigenvalue weighted by molar-refractivity contribution is 0.300. The Bertz CT molecular complexity index is 757. The lowest BCUT2D eigenvalue weighted by Gasteiger charge is -2.21. The molecule has 0 radical (unpaired) electrons. The molecule has 0 saturated carbocycles. The van der Waals surface area contributed by atoms with Crippen molar-refractivity contribution in [2.45, 2.75) is 32.7 Å². The Hall–Kier alpha value is -2.76. The van der Waals surface area contributed by atoms with E-state index >= 15 is 0 Å². The minimum atomic E-state index is 0.578. The number of aromatic nitrogens is 1. The van der Waals surface area contributed by atoms with Crippen molar-refractivity contribution in [3.8, 4) is 17.4 Å². The second-order valence-electron chi connectivity index (χ2n) is 6.46. The van der Waals surface area contributed by atoms with Crippen molar-refractivity contribution in [1.82, 2.24) is 15.2 Å². The molecule has 0 bridgehead atoms. The van der Waals surface area contributed by atoms with Crippen molar-refractivity contribution >= 4 is 5.96 Å². The molecule has 0 aliphatic carbocycles. The van der Waals surface area contributed by atoms with E-state index in [1.54, 1.807) is 6.20 Å². The van der Waals surface area contributed by atoms with Crippen molar-refractivity contribution in [2.75, 3.05) is 26.7 Å². The summed E-state index contributed by atoms with van der Waals surface area (Å²) >= 11 is 0. The minimum absolute atomic E-state index is 0.578. The van der Waals surface area contributed by atoms with E-state index < -0.39 is 0 Å². The van der Waals surface area contributed by atoms with Crippen LogP contribution in [-0.2, 0) is 6.54 Å². The van der Waals surface area contributed by atoms with E-state index in [4.69, 9.17) is 9.47 Å². The first-order valence-electron chi connectivity index (χ1n) is 9.61. The average Bonchev–Trinajstić information content (AvgIpc) is 3.23. The van der Waals surface area contributed by atoms with Gasteiger partial charge in [0, 0.05) is 38.4 Å². The molecular weight excluding hydrogens is 340 g/mol. The van der Waals surface area contributed by atoms with Crippen LogP contribution in [0.4, 0.5) is 0 Å². The number of nitrogens with zero attached hydrogens (tertiary/aromatic N) is 3. The maximum Gasteiger partial charge on any atom is 0.224 e. The Morgan fingerprint density at radius 3 is 2.67 bits per heavy atom. The molecule has 1 aromatic heterocycles. The smallest absolute Gasteiger partial charge is 0.224 e. The fraction of sp³-hybridized carbons (Fsp3) is 0.429. The Kier molecular flexibility index (Phi) is 6.90. The molecule has 3 rings (SSSR count). The van der Waals surface area contributed by atoms with Gasteiger partial charge < -0.3 is 19.7 Å². The Labute approximate surface area is 161 Å². The number of likely N-dealkylation sites (tertiary alicyclic amines) is 1. The molecule has 0 amide bonds. The highest BCUT2D eigenvalue weighted by Gasteiger charge is 2.16. The molecule has 27 heavy (non-hydrogen) atoms. The molecule has 0 atom stereocenters. The SMILES string of the molecule is CCCOc1ccccc1Oc1ncccc1CNC(=NC)N1CCCC1. The summed E-state index contributed by atoms with van der Waals surface area (Å²) < 4.78 is 11.9. The molecule has 0 spiro atoms. The largest absolute Gasteiger partial charge is 0.490 e. The van der Waals surface area contributed by atoms with Crippen molar-refractivity contribution < 1.29 is 9.47 Å². The zero-order valence-electron chi connectivity index (χ0n) is 16.1. The molecule has 1 aliphatic heterocycles. The number of guanidine groups is 1. The third kappa shape index (κ3) is 5.12. The monoisotopic (exact) mass is 368 g/mol. The summed E-state index contributed by atoms with van der Waals surface area (Å²) in [5, 5.41) is 3.43. The highest BCUT2D eigenvalue weighted by molar-refractivity contribution is 5.80. The van der Waals surface area contributed by atoms with Gasteiger partial charge in [0.1, 0.15) is 0 Å². The van der Waals surface area contributed by atoms with Gasteiger partial charge in [-0.25, -0.2) is 4.98 Å². The average molecular weight is 368 g/mol. The van der Waals surface area contributed by atoms with Crippen LogP contribution in [0.3, 0.4) is 0 Å². The number of pyridine rings is 1. The Morgan fingerprint density at radius 1 is 1.15 bits per heavy atom. The predicted octanol–water partition coefficient (Wildman–Crippen LogP) is 3.83. The standard InChI is InChI=1S/C21H28N4O2/c1-3-15-26-18-10-4-5-11-19(18)27-20-17(9-8-12-23-20)16-24-21(22-2)25-13-6-7-14-25/h4-5,8-12H,3,6-7,13-16H2,1-2H3,(H,22,24). The van der Waals surface area contributed by atoms with Crippen molar-refractivity contribution in [3.05, 3.63) is 48.2 Å². The highest BCUT2D eigenvalue weighted by Crippen LogP contribution is 2.31. The van der Waals surface area contributed by atoms with E-state index in [0.29, 0.717) is 24.8 Å². The second-order valence-corrected chi connectivity index (χ2v) is 6.46. The Balaban J connectivity index is 1.71. The van der Waals surface area contributed by atoms with Gasteiger partial charge in [0.15, 0.2) is 17.5 Å². The van der Waals surface area contributed by atoms with Gasteiger partial charge in [-0.1, -0.05) is 25.1 Å². The summed E-state index contributed by atoms with van der Waals surface area (Å²) in [6, 6.07) is 11.6. The number of rotatable bonds is 7. The Morgan fingerprint density at radius 2 is 1.93 bits per heavy atom. The second kappa shape index (κ2) is 9.80. The molecule has 144 valence electrons. The van der Waals surface area contributed by atoms with Gasteiger partial charge in [0.25, 0.3) is 0 Å². The topological polar surface area (TPSA) is 59.0 Å². The van der Waals surface area contributed by atoms with Gasteiger partial charge >= 0.3 is 0 Å².